The summed E-state index contributed by atoms with van der Waals surface area (Å²) in [6.45, 7) is 7.97. The number of azide groups is 1. The molecule has 4 saturated carbocycles. The first-order valence-electron chi connectivity index (χ1n) is 15.2. The van der Waals surface area contributed by atoms with Crippen LogP contribution in [0.4, 0.5) is 0 Å². The number of fused-ring (bicyclic) bond motifs is 5. The third kappa shape index (κ3) is 5.97. The maximum atomic E-state index is 12.6. The highest BCUT2D eigenvalue weighted by Gasteiger charge is 2.60. The number of carboxylic acids is 1. The van der Waals surface area contributed by atoms with Crippen molar-refractivity contribution >= 4 is 11.9 Å². The van der Waals surface area contributed by atoms with Crippen LogP contribution in [0.2, 0.25) is 0 Å². The number of carbonyl (C=O) groups excluding carboxylic acids is 1. The normalized spacial score (nSPS) is 39.4. The average Bonchev–Trinajstić information content (AvgIpc) is 3.22. The third-order valence-electron chi connectivity index (χ3n) is 11.8. The van der Waals surface area contributed by atoms with Gasteiger partial charge in [-0.1, -0.05) is 32.3 Å². The fourth-order valence-electron chi connectivity index (χ4n) is 9.91. The molecule has 0 aromatic rings. The van der Waals surface area contributed by atoms with Crippen LogP contribution in [0, 0.1) is 46.3 Å². The van der Waals surface area contributed by atoms with Crippen molar-refractivity contribution < 1.29 is 14.7 Å². The van der Waals surface area contributed by atoms with Gasteiger partial charge in [0, 0.05) is 30.3 Å². The fraction of sp³-hybridized carbons (Fsp3) is 0.933. The quantitative estimate of drug-likeness (QED) is 0.129. The van der Waals surface area contributed by atoms with Gasteiger partial charge in [0.05, 0.1) is 0 Å². The van der Waals surface area contributed by atoms with Crippen LogP contribution >= 0.6 is 0 Å². The summed E-state index contributed by atoms with van der Waals surface area (Å²) in [5.41, 5.74) is 9.14. The third-order valence-corrected chi connectivity index (χ3v) is 11.8. The molecule has 7 nitrogen and oxygen atoms in total. The van der Waals surface area contributed by atoms with E-state index < -0.39 is 5.97 Å². The summed E-state index contributed by atoms with van der Waals surface area (Å²) >= 11 is 0. The summed E-state index contributed by atoms with van der Waals surface area (Å²) in [4.78, 5) is 26.5. The van der Waals surface area contributed by atoms with E-state index in [1.807, 2.05) is 0 Å². The summed E-state index contributed by atoms with van der Waals surface area (Å²) in [5, 5.41) is 16.1. The second-order valence-corrected chi connectivity index (χ2v) is 13.6. The summed E-state index contributed by atoms with van der Waals surface area (Å²) < 4.78 is 0. The Hall–Kier alpha value is -1.75. The number of carboxylic acid groups (broad SMARTS) is 1. The molecule has 7 heteroatoms. The van der Waals surface area contributed by atoms with Crippen LogP contribution in [-0.4, -0.2) is 29.6 Å². The van der Waals surface area contributed by atoms with Gasteiger partial charge in [-0.05, 0) is 129 Å². The summed E-state index contributed by atoms with van der Waals surface area (Å²) in [7, 11) is 0. The van der Waals surface area contributed by atoms with Crippen LogP contribution < -0.4 is 5.32 Å². The van der Waals surface area contributed by atoms with Gasteiger partial charge in [0.2, 0.25) is 5.91 Å². The molecule has 0 aromatic heterocycles. The van der Waals surface area contributed by atoms with Gasteiger partial charge in [0.25, 0.3) is 0 Å². The molecule has 0 aromatic carbocycles. The lowest BCUT2D eigenvalue weighted by Gasteiger charge is -2.61. The number of nitrogens with one attached hydrogen (secondary N) is 1. The smallest absolute Gasteiger partial charge is 0.303 e. The van der Waals surface area contributed by atoms with E-state index in [-0.39, 0.29) is 5.91 Å². The van der Waals surface area contributed by atoms with Gasteiger partial charge in [-0.15, -0.1) is 0 Å². The topological polar surface area (TPSA) is 115 Å². The molecule has 2 N–H and O–H groups in total. The molecule has 0 spiro atoms. The Balaban J connectivity index is 1.30. The van der Waals surface area contributed by atoms with Gasteiger partial charge in [0.1, 0.15) is 0 Å². The maximum Gasteiger partial charge on any atom is 0.303 e. The molecule has 4 rings (SSSR count). The fourth-order valence-corrected chi connectivity index (χ4v) is 9.91. The number of nitrogens with zero attached hydrogens (tertiary/aromatic N) is 3. The van der Waals surface area contributed by atoms with Crippen LogP contribution in [0.5, 0.6) is 0 Å². The van der Waals surface area contributed by atoms with E-state index in [0.717, 1.165) is 56.3 Å². The first-order valence-corrected chi connectivity index (χ1v) is 15.2. The molecule has 0 saturated heterocycles. The molecule has 0 aliphatic heterocycles. The molecule has 4 aliphatic rings. The van der Waals surface area contributed by atoms with E-state index in [2.05, 4.69) is 36.1 Å². The van der Waals surface area contributed by atoms with Gasteiger partial charge in [-0.3, -0.25) is 9.59 Å². The largest absolute Gasteiger partial charge is 0.481 e. The van der Waals surface area contributed by atoms with E-state index in [4.69, 9.17) is 5.53 Å². The number of aliphatic carboxylic acids is 1. The van der Waals surface area contributed by atoms with Crippen LogP contribution in [0.3, 0.4) is 0 Å². The van der Waals surface area contributed by atoms with Crippen molar-refractivity contribution in [3.63, 3.8) is 0 Å². The van der Waals surface area contributed by atoms with Crippen LogP contribution in [0.15, 0.2) is 5.11 Å². The van der Waals surface area contributed by atoms with Crippen molar-refractivity contribution in [2.45, 2.75) is 123 Å². The molecule has 4 fully saturated rings. The zero-order chi connectivity index (χ0) is 26.6. The predicted molar refractivity (Wildman–Crippen MR) is 146 cm³/mol. The minimum atomic E-state index is -0.657. The monoisotopic (exact) mass is 514 g/mol. The van der Waals surface area contributed by atoms with Crippen molar-refractivity contribution in [3.8, 4) is 0 Å². The van der Waals surface area contributed by atoms with Crippen molar-refractivity contribution in [1.82, 2.24) is 5.32 Å². The highest BCUT2D eigenvalue weighted by atomic mass is 16.4. The predicted octanol–water partition coefficient (Wildman–Crippen LogP) is 7.50. The highest BCUT2D eigenvalue weighted by molar-refractivity contribution is 5.76. The molecule has 0 radical (unpaired) electrons. The van der Waals surface area contributed by atoms with Crippen molar-refractivity contribution in [2.24, 2.45) is 51.5 Å². The average molecular weight is 515 g/mol. The van der Waals surface area contributed by atoms with E-state index in [9.17, 15) is 14.7 Å². The lowest BCUT2D eigenvalue weighted by Crippen LogP contribution is -2.55. The van der Waals surface area contributed by atoms with E-state index in [0.29, 0.717) is 54.0 Å². The summed E-state index contributed by atoms with van der Waals surface area (Å²) in [6.07, 6.45) is 15.7. The molecule has 0 bridgehead atoms. The lowest BCUT2D eigenvalue weighted by atomic mass is 9.44. The molecule has 9 atom stereocenters. The molecular formula is C30H50N4O3. The summed E-state index contributed by atoms with van der Waals surface area (Å²) in [5.74, 6) is 3.86. The van der Waals surface area contributed by atoms with E-state index in [1.165, 1.54) is 44.9 Å². The Kier molecular flexibility index (Phi) is 9.14. The number of rotatable bonds is 11. The molecule has 37 heavy (non-hydrogen) atoms. The molecule has 4 aliphatic carbocycles. The second kappa shape index (κ2) is 12.0. The Bertz CT molecular complexity index is 873. The number of amides is 1. The Morgan fingerprint density at radius 1 is 1.00 bits per heavy atom. The van der Waals surface area contributed by atoms with Crippen molar-refractivity contribution in [2.75, 3.05) is 6.54 Å². The molecular weight excluding hydrogens is 464 g/mol. The van der Waals surface area contributed by atoms with Gasteiger partial charge in [-0.2, -0.15) is 0 Å². The Labute approximate surface area is 223 Å². The Morgan fingerprint density at radius 3 is 2.51 bits per heavy atom. The van der Waals surface area contributed by atoms with Crippen LogP contribution in [0.25, 0.3) is 10.4 Å². The molecule has 0 heterocycles. The first kappa shape index (κ1) is 28.3. The van der Waals surface area contributed by atoms with E-state index >= 15 is 0 Å². The van der Waals surface area contributed by atoms with Gasteiger partial charge >= 0.3 is 5.97 Å². The molecule has 208 valence electrons. The van der Waals surface area contributed by atoms with Crippen molar-refractivity contribution in [3.05, 3.63) is 10.4 Å². The summed E-state index contributed by atoms with van der Waals surface area (Å²) in [6, 6.07) is 0.324. The lowest BCUT2D eigenvalue weighted by molar-refractivity contribution is -0.137. The van der Waals surface area contributed by atoms with Gasteiger partial charge in [0.15, 0.2) is 0 Å². The molecule has 4 unspecified atom stereocenters. The minimum absolute atomic E-state index is 0.188. The van der Waals surface area contributed by atoms with Crippen molar-refractivity contribution in [1.29, 1.82) is 0 Å². The van der Waals surface area contributed by atoms with Crippen LogP contribution in [0.1, 0.15) is 117 Å². The van der Waals surface area contributed by atoms with E-state index in [1.54, 1.807) is 0 Å². The minimum Gasteiger partial charge on any atom is -0.481 e. The second-order valence-electron chi connectivity index (χ2n) is 13.6. The maximum absolute atomic E-state index is 12.6. The highest BCUT2D eigenvalue weighted by Crippen LogP contribution is 2.68. The standard InChI is InChI=1S/C30H50N4O3/c1-20(8-13-28(36)37)24-11-12-25-23-10-9-21-19-22(33-27(35)7-5-4-6-18-32-34-31)14-16-29(21,2)26(23)15-17-30(24,25)3/h20-26H,4-19H2,1-3H3,(H,33,35)(H,36,37)/t20-,21?,22+,23?,24-,25?,26?,29+,30-/m1/s1. The number of carbonyl (C=O) groups is 2. The van der Waals surface area contributed by atoms with Gasteiger partial charge in [-0.25, -0.2) is 0 Å². The molecule has 1 amide bonds. The zero-order valence-corrected chi connectivity index (χ0v) is 23.5. The Morgan fingerprint density at radius 2 is 1.76 bits per heavy atom. The van der Waals surface area contributed by atoms with Crippen LogP contribution in [-0.2, 0) is 9.59 Å². The zero-order valence-electron chi connectivity index (χ0n) is 23.5. The number of hydrogen-bond acceptors (Lipinski definition) is 3. The van der Waals surface area contributed by atoms with Gasteiger partial charge < -0.3 is 10.4 Å². The SMILES string of the molecule is C[C@H](CCC(=O)O)[C@H]1CCC2C3CCC4C[C@@H](NC(=O)CCCCCN=[N+]=[N-])CC[C@]4(C)C3CC[C@@]21C. The number of hydrogen-bond donors (Lipinski definition) is 2. The first-order chi connectivity index (χ1) is 17.7. The number of unbranched alkanes of at least 4 members (excludes halogenated alkanes) is 2.